The lowest BCUT2D eigenvalue weighted by Crippen LogP contribution is -2.53. The third kappa shape index (κ3) is 4.46. The molecule has 2 aromatic carbocycles. The van der Waals surface area contributed by atoms with Gasteiger partial charge in [0.05, 0.1) is 19.1 Å². The summed E-state index contributed by atoms with van der Waals surface area (Å²) in [4.78, 5) is 26.4. The fraction of sp³-hybridized carbons (Fsp3) is 0.333. The van der Waals surface area contributed by atoms with Crippen LogP contribution in [0.25, 0.3) is 0 Å². The number of esters is 1. The zero-order chi connectivity index (χ0) is 19.2. The molecule has 0 bridgehead atoms. The molecule has 3 rings (SSSR count). The van der Waals surface area contributed by atoms with E-state index in [0.717, 1.165) is 11.1 Å². The molecule has 3 atom stereocenters. The summed E-state index contributed by atoms with van der Waals surface area (Å²) >= 11 is 0. The van der Waals surface area contributed by atoms with Crippen molar-refractivity contribution in [3.05, 3.63) is 71.8 Å². The van der Waals surface area contributed by atoms with Gasteiger partial charge in [-0.3, -0.25) is 9.69 Å². The van der Waals surface area contributed by atoms with Crippen molar-refractivity contribution in [2.75, 3.05) is 13.7 Å². The number of hydrogen-bond acceptors (Lipinski definition) is 5. The maximum Gasteiger partial charge on any atom is 0.410 e. The van der Waals surface area contributed by atoms with Crippen LogP contribution in [0, 0.1) is 5.92 Å². The number of amides is 1. The molecule has 0 spiro atoms. The Morgan fingerprint density at radius 3 is 2.33 bits per heavy atom. The lowest BCUT2D eigenvalue weighted by atomic mass is 9.85. The third-order valence-electron chi connectivity index (χ3n) is 4.83. The Kier molecular flexibility index (Phi) is 6.08. The van der Waals surface area contributed by atoms with Crippen LogP contribution in [0.2, 0.25) is 0 Å². The van der Waals surface area contributed by atoms with Crippen LogP contribution in [0.3, 0.4) is 0 Å². The Morgan fingerprint density at radius 2 is 1.70 bits per heavy atom. The van der Waals surface area contributed by atoms with Gasteiger partial charge in [-0.2, -0.15) is 0 Å². The summed E-state index contributed by atoms with van der Waals surface area (Å²) in [5.41, 5.74) is 8.19. The average molecular weight is 368 g/mol. The second-order valence-corrected chi connectivity index (χ2v) is 6.67. The van der Waals surface area contributed by atoms with Crippen LogP contribution in [0.4, 0.5) is 4.79 Å². The van der Waals surface area contributed by atoms with Crippen LogP contribution >= 0.6 is 0 Å². The van der Waals surface area contributed by atoms with Gasteiger partial charge in [0.25, 0.3) is 0 Å². The van der Waals surface area contributed by atoms with Crippen LogP contribution in [-0.2, 0) is 20.9 Å². The van der Waals surface area contributed by atoms with E-state index in [0.29, 0.717) is 6.42 Å². The first-order valence-corrected chi connectivity index (χ1v) is 8.96. The van der Waals surface area contributed by atoms with Gasteiger partial charge in [-0.15, -0.1) is 0 Å². The molecule has 6 nitrogen and oxygen atoms in total. The smallest absolute Gasteiger partial charge is 0.410 e. The van der Waals surface area contributed by atoms with E-state index in [9.17, 15) is 9.59 Å². The minimum atomic E-state index is -0.489. The number of rotatable bonds is 4. The SMILES string of the molecule is COC(=O)[C@@H]1C[C@@H](N)[C@H](c2ccccc2)N(C(=O)OCc2ccccc2)C1. The number of carbonyl (C=O) groups is 2. The number of benzene rings is 2. The van der Waals surface area contributed by atoms with E-state index < -0.39 is 18.1 Å². The van der Waals surface area contributed by atoms with Crippen molar-refractivity contribution in [1.82, 2.24) is 4.90 Å². The van der Waals surface area contributed by atoms with Crippen LogP contribution in [-0.4, -0.2) is 36.7 Å². The van der Waals surface area contributed by atoms with Crippen molar-refractivity contribution in [2.24, 2.45) is 11.7 Å². The Hall–Kier alpha value is -2.86. The molecule has 0 unspecified atom stereocenters. The molecular weight excluding hydrogens is 344 g/mol. The van der Waals surface area contributed by atoms with Crippen LogP contribution in [0.5, 0.6) is 0 Å². The molecule has 1 amide bonds. The van der Waals surface area contributed by atoms with Gasteiger partial charge in [-0.1, -0.05) is 60.7 Å². The standard InChI is InChI=1S/C21H24N2O4/c1-26-20(24)17-12-18(22)19(16-10-6-3-7-11-16)23(13-17)21(25)27-14-15-8-4-2-5-9-15/h2-11,17-19H,12-14,22H2,1H3/t17-,18-,19+/m1/s1. The van der Waals surface area contributed by atoms with E-state index in [4.69, 9.17) is 15.2 Å². The highest BCUT2D eigenvalue weighted by atomic mass is 16.6. The summed E-state index contributed by atoms with van der Waals surface area (Å²) in [5.74, 6) is -0.827. The molecule has 0 aromatic heterocycles. The molecule has 1 aliphatic heterocycles. The van der Waals surface area contributed by atoms with Crippen molar-refractivity contribution in [3.63, 3.8) is 0 Å². The molecule has 1 heterocycles. The van der Waals surface area contributed by atoms with E-state index in [1.165, 1.54) is 7.11 Å². The molecule has 6 heteroatoms. The first kappa shape index (κ1) is 18.9. The number of nitrogens with two attached hydrogens (primary N) is 1. The molecule has 0 aliphatic carbocycles. The largest absolute Gasteiger partial charge is 0.469 e. The van der Waals surface area contributed by atoms with Gasteiger partial charge >= 0.3 is 12.1 Å². The fourth-order valence-electron chi connectivity index (χ4n) is 3.52. The molecule has 1 fully saturated rings. The number of hydrogen-bond donors (Lipinski definition) is 1. The highest BCUT2D eigenvalue weighted by Gasteiger charge is 2.41. The number of carbonyl (C=O) groups excluding carboxylic acids is 2. The predicted molar refractivity (Wildman–Crippen MR) is 101 cm³/mol. The van der Waals surface area contributed by atoms with Crippen molar-refractivity contribution in [3.8, 4) is 0 Å². The lowest BCUT2D eigenvalue weighted by Gasteiger charge is -2.42. The normalized spacial score (nSPS) is 22.1. The van der Waals surface area contributed by atoms with E-state index in [1.54, 1.807) is 4.90 Å². The monoisotopic (exact) mass is 368 g/mol. The Bertz CT molecular complexity index is 766. The van der Waals surface area contributed by atoms with Gasteiger partial charge < -0.3 is 15.2 Å². The molecule has 142 valence electrons. The molecule has 0 saturated carbocycles. The maximum absolute atomic E-state index is 12.9. The van der Waals surface area contributed by atoms with Crippen LogP contribution < -0.4 is 5.73 Å². The molecule has 27 heavy (non-hydrogen) atoms. The Morgan fingerprint density at radius 1 is 1.07 bits per heavy atom. The van der Waals surface area contributed by atoms with Gasteiger partial charge in [0.1, 0.15) is 6.61 Å². The predicted octanol–water partition coefficient (Wildman–Crippen LogP) is 2.89. The number of methoxy groups -OCH3 is 1. The minimum absolute atomic E-state index is 0.163. The van der Waals surface area contributed by atoms with Crippen molar-refractivity contribution < 1.29 is 19.1 Å². The Balaban J connectivity index is 1.80. The van der Waals surface area contributed by atoms with E-state index in [1.807, 2.05) is 60.7 Å². The first-order valence-electron chi connectivity index (χ1n) is 8.96. The lowest BCUT2D eigenvalue weighted by molar-refractivity contribution is -0.148. The fourth-order valence-corrected chi connectivity index (χ4v) is 3.52. The Labute approximate surface area is 158 Å². The van der Waals surface area contributed by atoms with Gasteiger partial charge in [-0.05, 0) is 17.5 Å². The zero-order valence-corrected chi connectivity index (χ0v) is 15.3. The van der Waals surface area contributed by atoms with Gasteiger partial charge in [-0.25, -0.2) is 4.79 Å². The molecule has 1 saturated heterocycles. The molecule has 1 aliphatic rings. The molecule has 0 radical (unpaired) electrons. The van der Waals surface area contributed by atoms with E-state index in [-0.39, 0.29) is 25.2 Å². The second kappa shape index (κ2) is 8.68. The number of ether oxygens (including phenoxy) is 2. The summed E-state index contributed by atoms with van der Waals surface area (Å²) < 4.78 is 10.4. The highest BCUT2D eigenvalue weighted by molar-refractivity contribution is 5.75. The summed E-state index contributed by atoms with van der Waals surface area (Å²) in [7, 11) is 1.34. The summed E-state index contributed by atoms with van der Waals surface area (Å²) in [5, 5.41) is 0. The average Bonchev–Trinajstić information content (AvgIpc) is 2.72. The number of nitrogens with zero attached hydrogens (tertiary/aromatic N) is 1. The van der Waals surface area contributed by atoms with E-state index in [2.05, 4.69) is 0 Å². The maximum atomic E-state index is 12.9. The molecular formula is C21H24N2O4. The van der Waals surface area contributed by atoms with Crippen molar-refractivity contribution in [1.29, 1.82) is 0 Å². The summed E-state index contributed by atoms with van der Waals surface area (Å²) in [6, 6.07) is 18.3. The second-order valence-electron chi connectivity index (χ2n) is 6.67. The van der Waals surface area contributed by atoms with Crippen molar-refractivity contribution in [2.45, 2.75) is 25.1 Å². The number of piperidine rings is 1. The third-order valence-corrected chi connectivity index (χ3v) is 4.83. The van der Waals surface area contributed by atoms with Crippen LogP contribution in [0.15, 0.2) is 60.7 Å². The zero-order valence-electron chi connectivity index (χ0n) is 15.3. The van der Waals surface area contributed by atoms with Gasteiger partial charge in [0.15, 0.2) is 0 Å². The van der Waals surface area contributed by atoms with Gasteiger partial charge in [0, 0.05) is 12.6 Å². The van der Waals surface area contributed by atoms with Crippen LogP contribution in [0.1, 0.15) is 23.6 Å². The highest BCUT2D eigenvalue weighted by Crippen LogP contribution is 2.33. The van der Waals surface area contributed by atoms with E-state index >= 15 is 0 Å². The molecule has 2 aromatic rings. The molecule has 2 N–H and O–H groups in total. The van der Waals surface area contributed by atoms with Crippen molar-refractivity contribution >= 4 is 12.1 Å². The topological polar surface area (TPSA) is 81.9 Å². The summed E-state index contributed by atoms with van der Waals surface area (Å²) in [6.45, 7) is 0.378. The van der Waals surface area contributed by atoms with Gasteiger partial charge in [0.2, 0.25) is 0 Å². The number of likely N-dealkylation sites (tertiary alicyclic amines) is 1. The summed E-state index contributed by atoms with van der Waals surface area (Å²) in [6.07, 6.45) is -0.0360. The minimum Gasteiger partial charge on any atom is -0.469 e. The first-order chi connectivity index (χ1) is 13.1. The quantitative estimate of drug-likeness (QED) is 0.839.